The van der Waals surface area contributed by atoms with Crippen LogP contribution in [0.25, 0.3) is 0 Å². The fourth-order valence-electron chi connectivity index (χ4n) is 3.54. The Balaban J connectivity index is 1.52. The molecular formula is C17H23N3O3. The zero-order valence-corrected chi connectivity index (χ0v) is 13.2. The highest BCUT2D eigenvalue weighted by Crippen LogP contribution is 2.29. The molecule has 2 aliphatic rings. The molecule has 1 aliphatic carbocycles. The van der Waals surface area contributed by atoms with Crippen LogP contribution in [0, 0.1) is 5.92 Å². The van der Waals surface area contributed by atoms with Gasteiger partial charge in [-0.3, -0.25) is 14.6 Å². The summed E-state index contributed by atoms with van der Waals surface area (Å²) in [6.07, 6.45) is 6.68. The number of aliphatic hydroxyl groups excluding tert-OH is 1. The van der Waals surface area contributed by atoms with Gasteiger partial charge in [-0.25, -0.2) is 0 Å². The van der Waals surface area contributed by atoms with E-state index in [1.54, 1.807) is 12.1 Å². The van der Waals surface area contributed by atoms with E-state index in [1.165, 1.54) is 19.0 Å². The number of amides is 2. The van der Waals surface area contributed by atoms with Gasteiger partial charge in [-0.15, -0.1) is 0 Å². The second-order valence-electron chi connectivity index (χ2n) is 6.47. The summed E-state index contributed by atoms with van der Waals surface area (Å²) in [5.41, 5.74) is 0.960. The molecule has 0 bridgehead atoms. The molecule has 1 atom stereocenters. The van der Waals surface area contributed by atoms with Crippen molar-refractivity contribution >= 4 is 11.8 Å². The maximum atomic E-state index is 12.1. The van der Waals surface area contributed by atoms with Gasteiger partial charge in [0.2, 0.25) is 5.91 Å². The summed E-state index contributed by atoms with van der Waals surface area (Å²) in [6.45, 7) is 1.11. The lowest BCUT2D eigenvalue weighted by atomic mass is 10.1. The lowest BCUT2D eigenvalue weighted by Crippen LogP contribution is -2.36. The molecule has 0 aromatic carbocycles. The zero-order chi connectivity index (χ0) is 16.2. The van der Waals surface area contributed by atoms with Crippen molar-refractivity contribution in [3.8, 4) is 0 Å². The average molecular weight is 317 g/mol. The van der Waals surface area contributed by atoms with Crippen molar-refractivity contribution in [1.82, 2.24) is 15.2 Å². The maximum absolute atomic E-state index is 12.1. The van der Waals surface area contributed by atoms with Crippen molar-refractivity contribution in [2.75, 3.05) is 13.1 Å². The molecule has 2 N–H and O–H groups in total. The van der Waals surface area contributed by atoms with E-state index in [2.05, 4.69) is 10.3 Å². The minimum absolute atomic E-state index is 0.115. The predicted molar refractivity (Wildman–Crippen MR) is 84.6 cm³/mol. The van der Waals surface area contributed by atoms with Crippen molar-refractivity contribution in [2.45, 2.75) is 44.8 Å². The van der Waals surface area contributed by atoms with Gasteiger partial charge in [-0.1, -0.05) is 12.8 Å². The molecule has 3 rings (SSSR count). The van der Waals surface area contributed by atoms with E-state index in [0.717, 1.165) is 19.4 Å². The molecule has 2 heterocycles. The molecule has 0 spiro atoms. The third kappa shape index (κ3) is 3.69. The predicted octanol–water partition coefficient (Wildman–Crippen LogP) is 1.09. The highest BCUT2D eigenvalue weighted by molar-refractivity contribution is 5.92. The Bertz CT molecular complexity index is 584. The summed E-state index contributed by atoms with van der Waals surface area (Å²) in [7, 11) is 0. The van der Waals surface area contributed by atoms with Crippen LogP contribution in [0.1, 0.15) is 48.2 Å². The van der Waals surface area contributed by atoms with Gasteiger partial charge < -0.3 is 15.3 Å². The molecule has 124 valence electrons. The lowest BCUT2D eigenvalue weighted by Gasteiger charge is -2.24. The average Bonchev–Trinajstić information content (AvgIpc) is 3.22. The second kappa shape index (κ2) is 7.08. The molecule has 1 aromatic heterocycles. The maximum Gasteiger partial charge on any atom is 0.269 e. The van der Waals surface area contributed by atoms with Gasteiger partial charge in [0.05, 0.1) is 6.61 Å². The van der Waals surface area contributed by atoms with Crippen LogP contribution in [0.3, 0.4) is 0 Å². The topological polar surface area (TPSA) is 82.5 Å². The zero-order valence-electron chi connectivity index (χ0n) is 13.2. The molecule has 6 heteroatoms. The Morgan fingerprint density at radius 2 is 2.17 bits per heavy atom. The van der Waals surface area contributed by atoms with Gasteiger partial charge in [-0.05, 0) is 30.5 Å². The Kier molecular flexibility index (Phi) is 4.91. The van der Waals surface area contributed by atoms with Crippen LogP contribution in [-0.2, 0) is 11.4 Å². The summed E-state index contributed by atoms with van der Waals surface area (Å²) in [4.78, 5) is 30.3. The van der Waals surface area contributed by atoms with Crippen molar-refractivity contribution in [3.63, 3.8) is 0 Å². The first kappa shape index (κ1) is 15.9. The molecule has 6 nitrogen and oxygen atoms in total. The number of nitrogens with one attached hydrogen (secondary N) is 1. The third-order valence-corrected chi connectivity index (χ3v) is 4.79. The van der Waals surface area contributed by atoms with Gasteiger partial charge in [0, 0.05) is 37.7 Å². The number of pyridine rings is 1. The minimum Gasteiger partial charge on any atom is -0.392 e. The molecule has 1 aliphatic heterocycles. The van der Waals surface area contributed by atoms with Crippen molar-refractivity contribution in [1.29, 1.82) is 0 Å². The SMILES string of the molecule is O=C(NC[C@@H]1CC(=O)N(C2CCCC2)C1)c1cc(CO)ccn1. The van der Waals surface area contributed by atoms with Crippen LogP contribution < -0.4 is 5.32 Å². The van der Waals surface area contributed by atoms with Crippen LogP contribution in [0.2, 0.25) is 0 Å². The smallest absolute Gasteiger partial charge is 0.269 e. The standard InChI is InChI=1S/C17H23N3O3/c21-11-12-5-6-18-15(7-12)17(23)19-9-13-8-16(22)20(10-13)14-3-1-2-4-14/h5-7,13-14,21H,1-4,8-11H2,(H,19,23)/t13-/m0/s1. The number of carbonyl (C=O) groups excluding carboxylic acids is 2. The van der Waals surface area contributed by atoms with Gasteiger partial charge >= 0.3 is 0 Å². The van der Waals surface area contributed by atoms with E-state index >= 15 is 0 Å². The van der Waals surface area contributed by atoms with Crippen molar-refractivity contribution in [3.05, 3.63) is 29.6 Å². The molecule has 0 radical (unpaired) electrons. The summed E-state index contributed by atoms with van der Waals surface area (Å²) in [5.74, 6) is 0.136. The molecule has 2 fully saturated rings. The summed E-state index contributed by atoms with van der Waals surface area (Å²) < 4.78 is 0. The first-order valence-corrected chi connectivity index (χ1v) is 8.31. The molecule has 1 aromatic rings. The second-order valence-corrected chi connectivity index (χ2v) is 6.47. The van der Waals surface area contributed by atoms with Gasteiger partial charge in [-0.2, -0.15) is 0 Å². The van der Waals surface area contributed by atoms with Crippen molar-refractivity contribution < 1.29 is 14.7 Å². The monoisotopic (exact) mass is 317 g/mol. The summed E-state index contributed by atoms with van der Waals surface area (Å²) in [5, 5.41) is 12.0. The Morgan fingerprint density at radius 3 is 2.91 bits per heavy atom. The van der Waals surface area contributed by atoms with Crippen molar-refractivity contribution in [2.24, 2.45) is 5.92 Å². The lowest BCUT2D eigenvalue weighted by molar-refractivity contribution is -0.129. The summed E-state index contributed by atoms with van der Waals surface area (Å²) in [6, 6.07) is 3.66. The van der Waals surface area contributed by atoms with Gasteiger partial charge in [0.1, 0.15) is 5.69 Å². The van der Waals surface area contributed by atoms with E-state index < -0.39 is 0 Å². The Morgan fingerprint density at radius 1 is 1.39 bits per heavy atom. The molecule has 23 heavy (non-hydrogen) atoms. The van der Waals surface area contributed by atoms with E-state index in [4.69, 9.17) is 5.11 Å². The largest absolute Gasteiger partial charge is 0.392 e. The van der Waals surface area contributed by atoms with Gasteiger partial charge in [0.25, 0.3) is 5.91 Å². The first-order chi connectivity index (χ1) is 11.2. The number of aromatic nitrogens is 1. The molecule has 1 saturated heterocycles. The van der Waals surface area contributed by atoms with Crippen LogP contribution >= 0.6 is 0 Å². The summed E-state index contributed by atoms with van der Waals surface area (Å²) >= 11 is 0. The Hall–Kier alpha value is -1.95. The molecule has 1 saturated carbocycles. The first-order valence-electron chi connectivity index (χ1n) is 8.31. The number of aliphatic hydroxyl groups is 1. The van der Waals surface area contributed by atoms with Crippen LogP contribution in [0.15, 0.2) is 18.3 Å². The molecule has 2 amide bonds. The number of nitrogens with zero attached hydrogens (tertiary/aromatic N) is 2. The highest BCUT2D eigenvalue weighted by Gasteiger charge is 2.35. The van der Waals surface area contributed by atoms with E-state index in [9.17, 15) is 9.59 Å². The number of hydrogen-bond donors (Lipinski definition) is 2. The van der Waals surface area contributed by atoms with Crippen LogP contribution in [0.5, 0.6) is 0 Å². The number of carbonyl (C=O) groups is 2. The van der Waals surface area contributed by atoms with Crippen LogP contribution in [0.4, 0.5) is 0 Å². The normalized spacial score (nSPS) is 21.9. The van der Waals surface area contributed by atoms with E-state index in [-0.39, 0.29) is 24.3 Å². The molecule has 0 unspecified atom stereocenters. The number of likely N-dealkylation sites (tertiary alicyclic amines) is 1. The quantitative estimate of drug-likeness (QED) is 0.852. The highest BCUT2D eigenvalue weighted by atomic mass is 16.3. The fourth-order valence-corrected chi connectivity index (χ4v) is 3.54. The number of rotatable bonds is 5. The third-order valence-electron chi connectivity index (χ3n) is 4.79. The van der Waals surface area contributed by atoms with Gasteiger partial charge in [0.15, 0.2) is 0 Å². The Labute approximate surface area is 135 Å². The van der Waals surface area contributed by atoms with E-state index in [0.29, 0.717) is 30.3 Å². The minimum atomic E-state index is -0.257. The van der Waals surface area contributed by atoms with Crippen LogP contribution in [-0.4, -0.2) is 45.9 Å². The molecular weight excluding hydrogens is 294 g/mol. The number of hydrogen-bond acceptors (Lipinski definition) is 4. The van der Waals surface area contributed by atoms with E-state index in [1.807, 2.05) is 4.90 Å². The fraction of sp³-hybridized carbons (Fsp3) is 0.588.